The molecule has 9 heteroatoms. The summed E-state index contributed by atoms with van der Waals surface area (Å²) >= 11 is 1.36. The second-order valence-electron chi connectivity index (χ2n) is 8.11. The zero-order valence-electron chi connectivity index (χ0n) is 19.3. The molecule has 1 fully saturated rings. The Balaban J connectivity index is 1.56. The van der Waals surface area contributed by atoms with Crippen molar-refractivity contribution in [2.24, 2.45) is 0 Å². The van der Waals surface area contributed by atoms with Gasteiger partial charge in [0.05, 0.1) is 12.4 Å². The van der Waals surface area contributed by atoms with Gasteiger partial charge >= 0.3 is 5.97 Å². The van der Waals surface area contributed by atoms with Crippen molar-refractivity contribution in [3.63, 3.8) is 0 Å². The van der Waals surface area contributed by atoms with Gasteiger partial charge in [0.1, 0.15) is 6.54 Å². The zero-order chi connectivity index (χ0) is 23.8. The van der Waals surface area contributed by atoms with Crippen molar-refractivity contribution < 1.29 is 14.3 Å². The average molecular weight is 480 g/mol. The van der Waals surface area contributed by atoms with E-state index in [-0.39, 0.29) is 24.8 Å². The van der Waals surface area contributed by atoms with E-state index in [1.807, 2.05) is 42.5 Å². The van der Waals surface area contributed by atoms with Gasteiger partial charge in [0, 0.05) is 29.7 Å². The largest absolute Gasteiger partial charge is 0.465 e. The first-order valence-electron chi connectivity index (χ1n) is 11.7. The molecule has 1 amide bonds. The first-order chi connectivity index (χ1) is 16.7. The number of nitrogens with zero attached hydrogens (tertiary/aromatic N) is 5. The molecule has 1 saturated carbocycles. The van der Waals surface area contributed by atoms with E-state index in [0.717, 1.165) is 29.4 Å². The molecule has 0 saturated heterocycles. The van der Waals surface area contributed by atoms with E-state index < -0.39 is 5.97 Å². The molecule has 2 heterocycles. The number of amides is 1. The summed E-state index contributed by atoms with van der Waals surface area (Å²) in [6.45, 7) is 1.89. The number of carbonyl (C=O) groups is 2. The molecule has 8 nitrogen and oxygen atoms in total. The van der Waals surface area contributed by atoms with Crippen LogP contribution in [0.25, 0.3) is 11.4 Å². The van der Waals surface area contributed by atoms with Gasteiger partial charge in [0.25, 0.3) is 0 Å². The van der Waals surface area contributed by atoms with Crippen LogP contribution in [0.15, 0.2) is 60.0 Å². The Bertz CT molecular complexity index is 1080. The second-order valence-corrected chi connectivity index (χ2v) is 9.06. The summed E-state index contributed by atoms with van der Waals surface area (Å²) in [6.07, 6.45) is 9.21. The van der Waals surface area contributed by atoms with Crippen LogP contribution in [0, 0.1) is 0 Å². The molecule has 178 valence electrons. The molecule has 1 aliphatic carbocycles. The first kappa shape index (κ1) is 23.9. The number of esters is 1. The third-order valence-electron chi connectivity index (χ3n) is 5.83. The van der Waals surface area contributed by atoms with Crippen molar-refractivity contribution in [2.75, 3.05) is 23.8 Å². The Morgan fingerprint density at radius 2 is 1.79 bits per heavy atom. The summed E-state index contributed by atoms with van der Waals surface area (Å²) in [4.78, 5) is 31.0. The minimum atomic E-state index is -0.435. The number of hydrogen-bond donors (Lipinski definition) is 0. The van der Waals surface area contributed by atoms with Crippen molar-refractivity contribution in [3.8, 4) is 11.4 Å². The van der Waals surface area contributed by atoms with Crippen LogP contribution in [0.3, 0.4) is 0 Å². The molecule has 0 unspecified atom stereocenters. The number of ether oxygens (including phenoxy) is 1. The van der Waals surface area contributed by atoms with E-state index in [9.17, 15) is 9.59 Å². The Morgan fingerprint density at radius 3 is 2.50 bits per heavy atom. The first-order valence-corrected chi connectivity index (χ1v) is 12.6. The number of aromatic nitrogens is 4. The molecule has 0 N–H and O–H groups in total. The maximum atomic E-state index is 13.3. The van der Waals surface area contributed by atoms with Gasteiger partial charge < -0.3 is 9.64 Å². The number of hydrogen-bond acceptors (Lipinski definition) is 7. The van der Waals surface area contributed by atoms with E-state index in [1.54, 1.807) is 19.3 Å². The summed E-state index contributed by atoms with van der Waals surface area (Å²) in [7, 11) is 0. The van der Waals surface area contributed by atoms with Gasteiger partial charge in [-0.25, -0.2) is 0 Å². The van der Waals surface area contributed by atoms with Crippen LogP contribution in [0.5, 0.6) is 0 Å². The number of carbonyl (C=O) groups excluding carboxylic acids is 2. The van der Waals surface area contributed by atoms with Gasteiger partial charge in [-0.15, -0.1) is 10.2 Å². The third-order valence-corrected chi connectivity index (χ3v) is 6.76. The summed E-state index contributed by atoms with van der Waals surface area (Å²) in [5.74, 6) is 0.314. The van der Waals surface area contributed by atoms with E-state index in [4.69, 9.17) is 4.74 Å². The number of thioether (sulfide) groups is 1. The fourth-order valence-corrected chi connectivity index (χ4v) is 5.09. The number of pyridine rings is 1. The molecule has 0 aliphatic heterocycles. The molecule has 0 bridgehead atoms. The number of rotatable bonds is 9. The summed E-state index contributed by atoms with van der Waals surface area (Å²) in [5, 5.41) is 9.65. The van der Waals surface area contributed by atoms with E-state index >= 15 is 0 Å². The van der Waals surface area contributed by atoms with Crippen LogP contribution in [-0.2, 0) is 14.3 Å². The maximum absolute atomic E-state index is 13.3. The molecule has 3 aromatic rings. The number of anilines is 1. The van der Waals surface area contributed by atoms with Crippen molar-refractivity contribution >= 4 is 29.3 Å². The van der Waals surface area contributed by atoms with E-state index in [0.29, 0.717) is 11.7 Å². The molecule has 4 rings (SSSR count). The third kappa shape index (κ3) is 5.83. The van der Waals surface area contributed by atoms with Crippen molar-refractivity contribution in [3.05, 3.63) is 54.9 Å². The lowest BCUT2D eigenvalue weighted by Gasteiger charge is -2.26. The SMILES string of the molecule is CCOC(=O)CN(C(=O)CSc1nnc(-c2ccncc2)n1C1CCCCC1)c1ccccc1. The predicted octanol–water partition coefficient (Wildman–Crippen LogP) is 4.53. The summed E-state index contributed by atoms with van der Waals surface area (Å²) in [6, 6.07) is 13.3. The van der Waals surface area contributed by atoms with E-state index in [1.165, 1.54) is 35.9 Å². The topological polar surface area (TPSA) is 90.2 Å². The standard InChI is InChI=1S/C25H29N5O3S/c1-2-33-23(32)17-29(20-9-5-3-6-10-20)22(31)18-34-25-28-27-24(19-13-15-26-16-14-19)30(25)21-11-7-4-8-12-21/h3,5-6,9-10,13-16,21H,2,4,7-8,11-12,17-18H2,1H3. The monoisotopic (exact) mass is 479 g/mol. The van der Waals surface area contributed by atoms with Crippen LogP contribution >= 0.6 is 11.8 Å². The molecular weight excluding hydrogens is 450 g/mol. The quantitative estimate of drug-likeness (QED) is 0.329. The Kier molecular flexibility index (Phi) is 8.30. The van der Waals surface area contributed by atoms with Gasteiger partial charge in [-0.2, -0.15) is 0 Å². The molecule has 34 heavy (non-hydrogen) atoms. The molecule has 1 aromatic carbocycles. The highest BCUT2D eigenvalue weighted by atomic mass is 32.2. The van der Waals surface area contributed by atoms with Crippen molar-refractivity contribution in [1.29, 1.82) is 0 Å². The second kappa shape index (κ2) is 11.8. The van der Waals surface area contributed by atoms with Crippen LogP contribution in [0.4, 0.5) is 5.69 Å². The Hall–Kier alpha value is -3.20. The smallest absolute Gasteiger partial charge is 0.326 e. The molecule has 0 radical (unpaired) electrons. The maximum Gasteiger partial charge on any atom is 0.326 e. The van der Waals surface area contributed by atoms with Crippen LogP contribution in [0.2, 0.25) is 0 Å². The predicted molar refractivity (Wildman–Crippen MR) is 132 cm³/mol. The Labute approximate surface area is 203 Å². The van der Waals surface area contributed by atoms with Gasteiger partial charge in [-0.3, -0.25) is 19.1 Å². The minimum absolute atomic E-state index is 0.130. The van der Waals surface area contributed by atoms with Crippen LogP contribution in [-0.4, -0.2) is 50.5 Å². The summed E-state index contributed by atoms with van der Waals surface area (Å²) in [5.41, 5.74) is 1.62. The number of benzene rings is 1. The van der Waals surface area contributed by atoms with Crippen molar-refractivity contribution in [1.82, 2.24) is 19.7 Å². The highest BCUT2D eigenvalue weighted by Gasteiger charge is 2.26. The zero-order valence-corrected chi connectivity index (χ0v) is 20.1. The van der Waals surface area contributed by atoms with E-state index in [2.05, 4.69) is 19.7 Å². The fourth-order valence-electron chi connectivity index (χ4n) is 4.21. The van der Waals surface area contributed by atoms with Gasteiger partial charge in [-0.05, 0) is 44.0 Å². The Morgan fingerprint density at radius 1 is 1.06 bits per heavy atom. The molecule has 1 aliphatic rings. The summed E-state index contributed by atoms with van der Waals surface area (Å²) < 4.78 is 7.27. The lowest BCUT2D eigenvalue weighted by molar-refractivity contribution is -0.142. The number of para-hydroxylation sites is 1. The fraction of sp³-hybridized carbons (Fsp3) is 0.400. The molecule has 2 aromatic heterocycles. The lowest BCUT2D eigenvalue weighted by atomic mass is 9.95. The minimum Gasteiger partial charge on any atom is -0.465 e. The van der Waals surface area contributed by atoms with Crippen LogP contribution in [0.1, 0.15) is 45.1 Å². The van der Waals surface area contributed by atoms with Gasteiger partial charge in [0.15, 0.2) is 11.0 Å². The lowest BCUT2D eigenvalue weighted by Crippen LogP contribution is -2.37. The molecule has 0 atom stereocenters. The normalized spacial score (nSPS) is 14.0. The van der Waals surface area contributed by atoms with Crippen LogP contribution < -0.4 is 4.90 Å². The highest BCUT2D eigenvalue weighted by Crippen LogP contribution is 2.35. The van der Waals surface area contributed by atoms with Crippen molar-refractivity contribution in [2.45, 2.75) is 50.2 Å². The molecular formula is C25H29N5O3S. The average Bonchev–Trinajstić information content (AvgIpc) is 3.31. The molecule has 0 spiro atoms. The van der Waals surface area contributed by atoms with Gasteiger partial charge in [-0.1, -0.05) is 49.2 Å². The van der Waals surface area contributed by atoms with Gasteiger partial charge in [0.2, 0.25) is 5.91 Å². The highest BCUT2D eigenvalue weighted by molar-refractivity contribution is 7.99.